The molecule has 1 aromatic heterocycles. The molecule has 1 atom stereocenters. The first kappa shape index (κ1) is 11.5. The van der Waals surface area contributed by atoms with Gasteiger partial charge in [-0.25, -0.2) is 4.68 Å². The Morgan fingerprint density at radius 3 is 3.06 bits per heavy atom. The Morgan fingerprint density at radius 1 is 1.50 bits per heavy atom. The average molecular weight is 224 g/mol. The van der Waals surface area contributed by atoms with Gasteiger partial charge in [0.05, 0.1) is 6.54 Å². The van der Waals surface area contributed by atoms with Gasteiger partial charge in [0, 0.05) is 25.7 Å². The molecule has 90 valence electrons. The van der Waals surface area contributed by atoms with E-state index in [2.05, 4.69) is 32.7 Å². The first-order chi connectivity index (χ1) is 7.83. The molecule has 0 bridgehead atoms. The largest absolute Gasteiger partial charge is 0.316 e. The lowest BCUT2D eigenvalue weighted by molar-refractivity contribution is 0.305. The molecule has 6 heteroatoms. The molecule has 0 spiro atoms. The predicted molar refractivity (Wildman–Crippen MR) is 60.8 cm³/mol. The quantitative estimate of drug-likeness (QED) is 0.755. The Bertz CT molecular complexity index is 323. The number of tetrazole rings is 1. The Balaban J connectivity index is 1.91. The minimum atomic E-state index is 0.621. The van der Waals surface area contributed by atoms with Gasteiger partial charge in [-0.3, -0.25) is 4.90 Å². The van der Waals surface area contributed by atoms with E-state index in [0.717, 1.165) is 38.4 Å². The van der Waals surface area contributed by atoms with E-state index >= 15 is 0 Å². The van der Waals surface area contributed by atoms with Crippen LogP contribution in [0.15, 0.2) is 0 Å². The van der Waals surface area contributed by atoms with Gasteiger partial charge in [0.25, 0.3) is 0 Å². The predicted octanol–water partition coefficient (Wildman–Crippen LogP) is -0.123. The molecule has 1 aliphatic heterocycles. The van der Waals surface area contributed by atoms with Crippen molar-refractivity contribution in [2.24, 2.45) is 0 Å². The topological polar surface area (TPSA) is 58.9 Å². The number of hydrogen-bond donors (Lipinski definition) is 1. The fraction of sp³-hybridized carbons (Fsp3) is 0.900. The first-order valence-electron chi connectivity index (χ1n) is 5.98. The zero-order chi connectivity index (χ0) is 11.4. The SMILES string of the molecule is CCCn1nnnc1CN1CCC(NC)C1. The van der Waals surface area contributed by atoms with Crippen molar-refractivity contribution >= 4 is 0 Å². The zero-order valence-corrected chi connectivity index (χ0v) is 10.1. The van der Waals surface area contributed by atoms with E-state index in [1.807, 2.05) is 11.7 Å². The Kier molecular flexibility index (Phi) is 3.84. The van der Waals surface area contributed by atoms with Crippen molar-refractivity contribution in [3.05, 3.63) is 5.82 Å². The van der Waals surface area contributed by atoms with Crippen LogP contribution in [0, 0.1) is 0 Å². The second kappa shape index (κ2) is 5.36. The molecule has 1 unspecified atom stereocenters. The standard InChI is InChI=1S/C10H20N6/c1-3-5-16-10(12-13-14-16)8-15-6-4-9(7-15)11-2/h9,11H,3-8H2,1-2H3. The highest BCUT2D eigenvalue weighted by molar-refractivity contribution is 4.86. The van der Waals surface area contributed by atoms with Crippen molar-refractivity contribution < 1.29 is 0 Å². The molecule has 0 aromatic carbocycles. The fourth-order valence-corrected chi connectivity index (χ4v) is 2.13. The Hall–Kier alpha value is -1.01. The Labute approximate surface area is 96.0 Å². The number of nitrogens with zero attached hydrogens (tertiary/aromatic N) is 5. The van der Waals surface area contributed by atoms with Crippen LogP contribution in [-0.2, 0) is 13.1 Å². The van der Waals surface area contributed by atoms with Crippen molar-refractivity contribution in [1.29, 1.82) is 0 Å². The second-order valence-corrected chi connectivity index (χ2v) is 4.33. The van der Waals surface area contributed by atoms with Gasteiger partial charge in [-0.2, -0.15) is 0 Å². The first-order valence-corrected chi connectivity index (χ1v) is 5.98. The summed E-state index contributed by atoms with van der Waals surface area (Å²) in [5.74, 6) is 0.985. The highest BCUT2D eigenvalue weighted by Crippen LogP contribution is 2.11. The van der Waals surface area contributed by atoms with Crippen LogP contribution in [0.3, 0.4) is 0 Å². The number of nitrogens with one attached hydrogen (secondary N) is 1. The van der Waals surface area contributed by atoms with Gasteiger partial charge in [0.1, 0.15) is 0 Å². The maximum Gasteiger partial charge on any atom is 0.165 e. The van der Waals surface area contributed by atoms with Crippen LogP contribution < -0.4 is 5.32 Å². The van der Waals surface area contributed by atoms with Crippen molar-refractivity contribution in [3.63, 3.8) is 0 Å². The van der Waals surface area contributed by atoms with Gasteiger partial charge in [-0.1, -0.05) is 6.92 Å². The zero-order valence-electron chi connectivity index (χ0n) is 10.1. The summed E-state index contributed by atoms with van der Waals surface area (Å²) in [4.78, 5) is 2.40. The van der Waals surface area contributed by atoms with E-state index in [9.17, 15) is 0 Å². The van der Waals surface area contributed by atoms with Crippen molar-refractivity contribution in [3.8, 4) is 0 Å². The van der Waals surface area contributed by atoms with Crippen LogP contribution in [0.4, 0.5) is 0 Å². The summed E-state index contributed by atoms with van der Waals surface area (Å²) < 4.78 is 1.91. The molecule has 1 aromatic rings. The summed E-state index contributed by atoms with van der Waals surface area (Å²) >= 11 is 0. The highest BCUT2D eigenvalue weighted by Gasteiger charge is 2.22. The molecule has 1 fully saturated rings. The summed E-state index contributed by atoms with van der Waals surface area (Å²) in [7, 11) is 2.02. The molecule has 16 heavy (non-hydrogen) atoms. The number of likely N-dealkylation sites (N-methyl/N-ethyl adjacent to an activating group) is 1. The van der Waals surface area contributed by atoms with Gasteiger partial charge < -0.3 is 5.32 Å². The lowest BCUT2D eigenvalue weighted by atomic mass is 10.3. The maximum atomic E-state index is 4.09. The van der Waals surface area contributed by atoms with Crippen molar-refractivity contribution in [2.45, 2.75) is 38.9 Å². The summed E-state index contributed by atoms with van der Waals surface area (Å²) in [5, 5.41) is 15.1. The van der Waals surface area contributed by atoms with Crippen LogP contribution in [0.1, 0.15) is 25.6 Å². The van der Waals surface area contributed by atoms with Gasteiger partial charge in [-0.05, 0) is 30.3 Å². The maximum absolute atomic E-state index is 4.09. The molecule has 1 N–H and O–H groups in total. The highest BCUT2D eigenvalue weighted by atomic mass is 15.5. The monoisotopic (exact) mass is 224 g/mol. The van der Waals surface area contributed by atoms with E-state index in [-0.39, 0.29) is 0 Å². The average Bonchev–Trinajstić information content (AvgIpc) is 2.90. The normalized spacial score (nSPS) is 21.8. The lowest BCUT2D eigenvalue weighted by Crippen LogP contribution is -2.30. The number of aromatic nitrogens is 4. The number of likely N-dealkylation sites (tertiary alicyclic amines) is 1. The van der Waals surface area contributed by atoms with E-state index < -0.39 is 0 Å². The molecule has 2 heterocycles. The van der Waals surface area contributed by atoms with E-state index in [1.54, 1.807) is 0 Å². The molecule has 0 aliphatic carbocycles. The summed E-state index contributed by atoms with van der Waals surface area (Å²) in [5.41, 5.74) is 0. The van der Waals surface area contributed by atoms with Crippen LogP contribution in [0.5, 0.6) is 0 Å². The number of hydrogen-bond acceptors (Lipinski definition) is 5. The van der Waals surface area contributed by atoms with Gasteiger partial charge in [-0.15, -0.1) is 5.10 Å². The summed E-state index contributed by atoms with van der Waals surface area (Å²) in [6.45, 7) is 6.13. The van der Waals surface area contributed by atoms with E-state index in [0.29, 0.717) is 6.04 Å². The number of rotatable bonds is 5. The molecule has 0 amide bonds. The van der Waals surface area contributed by atoms with Crippen LogP contribution in [0.25, 0.3) is 0 Å². The number of aryl methyl sites for hydroxylation is 1. The van der Waals surface area contributed by atoms with Crippen molar-refractivity contribution in [1.82, 2.24) is 30.4 Å². The molecular formula is C10H20N6. The van der Waals surface area contributed by atoms with Gasteiger partial charge >= 0.3 is 0 Å². The third-order valence-corrected chi connectivity index (χ3v) is 3.09. The van der Waals surface area contributed by atoms with E-state index in [4.69, 9.17) is 0 Å². The van der Waals surface area contributed by atoms with Crippen LogP contribution >= 0.6 is 0 Å². The third kappa shape index (κ3) is 2.56. The Morgan fingerprint density at radius 2 is 2.38 bits per heavy atom. The summed E-state index contributed by atoms with van der Waals surface area (Å²) in [6, 6.07) is 0.621. The molecule has 0 saturated carbocycles. The minimum Gasteiger partial charge on any atom is -0.316 e. The van der Waals surface area contributed by atoms with Gasteiger partial charge in [0.15, 0.2) is 5.82 Å². The minimum absolute atomic E-state index is 0.621. The lowest BCUT2D eigenvalue weighted by Gasteiger charge is -2.14. The molecule has 6 nitrogen and oxygen atoms in total. The van der Waals surface area contributed by atoms with E-state index in [1.165, 1.54) is 6.42 Å². The second-order valence-electron chi connectivity index (χ2n) is 4.33. The summed E-state index contributed by atoms with van der Waals surface area (Å²) in [6.07, 6.45) is 2.28. The van der Waals surface area contributed by atoms with Crippen LogP contribution in [-0.4, -0.2) is 51.3 Å². The molecule has 2 rings (SSSR count). The molecule has 1 saturated heterocycles. The van der Waals surface area contributed by atoms with Gasteiger partial charge in [0.2, 0.25) is 0 Å². The molecule has 1 aliphatic rings. The molecular weight excluding hydrogens is 204 g/mol. The third-order valence-electron chi connectivity index (χ3n) is 3.09. The fourth-order valence-electron chi connectivity index (χ4n) is 2.13. The molecule has 0 radical (unpaired) electrons. The van der Waals surface area contributed by atoms with Crippen LogP contribution in [0.2, 0.25) is 0 Å². The smallest absolute Gasteiger partial charge is 0.165 e. The van der Waals surface area contributed by atoms with Crippen molar-refractivity contribution in [2.75, 3.05) is 20.1 Å².